The van der Waals surface area contributed by atoms with Crippen molar-refractivity contribution in [1.82, 2.24) is 15.2 Å². The Morgan fingerprint density at radius 3 is 2.54 bits per heavy atom. The van der Waals surface area contributed by atoms with Gasteiger partial charge in [0.05, 0.1) is 16.9 Å². The molecule has 7 heteroatoms. The smallest absolute Gasteiger partial charge is 0.249 e. The first-order valence-electron chi connectivity index (χ1n) is 7.42. The van der Waals surface area contributed by atoms with E-state index in [0.29, 0.717) is 27.5 Å². The van der Waals surface area contributed by atoms with E-state index in [-0.39, 0.29) is 0 Å². The lowest BCUT2D eigenvalue weighted by Crippen LogP contribution is -2.02. The molecule has 1 heterocycles. The van der Waals surface area contributed by atoms with Gasteiger partial charge >= 0.3 is 0 Å². The summed E-state index contributed by atoms with van der Waals surface area (Å²) >= 11 is 12.1. The van der Waals surface area contributed by atoms with E-state index in [1.807, 2.05) is 12.1 Å². The fraction of sp³-hybridized carbons (Fsp3) is 0.118. The van der Waals surface area contributed by atoms with Gasteiger partial charge in [0, 0.05) is 10.7 Å². The van der Waals surface area contributed by atoms with Crippen LogP contribution in [0.4, 0.5) is 23.1 Å². The lowest BCUT2D eigenvalue weighted by molar-refractivity contribution is 0.982. The summed E-state index contributed by atoms with van der Waals surface area (Å²) in [5.74, 6) is 0.907. The molecule has 0 aliphatic rings. The molecule has 0 aliphatic carbocycles. The first-order valence-corrected chi connectivity index (χ1v) is 8.17. The molecule has 0 atom stereocenters. The van der Waals surface area contributed by atoms with Crippen LogP contribution in [0.5, 0.6) is 0 Å². The predicted octanol–water partition coefficient (Wildman–Crippen LogP) is 5.23. The molecule has 24 heavy (non-hydrogen) atoms. The minimum atomic E-state index is 0.391. The Kier molecular flexibility index (Phi) is 5.13. The maximum absolute atomic E-state index is 6.14. The highest BCUT2D eigenvalue weighted by Crippen LogP contribution is 2.27. The second-order valence-corrected chi connectivity index (χ2v) is 5.93. The lowest BCUT2D eigenvalue weighted by Gasteiger charge is -2.09. The third-order valence-electron chi connectivity index (χ3n) is 3.37. The summed E-state index contributed by atoms with van der Waals surface area (Å²) in [6.45, 7) is 2.12. The highest BCUT2D eigenvalue weighted by molar-refractivity contribution is 6.35. The van der Waals surface area contributed by atoms with Crippen LogP contribution in [0, 0.1) is 0 Å². The quantitative estimate of drug-likeness (QED) is 0.653. The molecule has 0 saturated heterocycles. The minimum absolute atomic E-state index is 0.391. The SMILES string of the molecule is CCc1ccc(Nc2nncc(Nc3cc(Cl)ccc3Cl)n2)cc1. The summed E-state index contributed by atoms with van der Waals surface area (Å²) in [7, 11) is 0. The number of hydrogen-bond donors (Lipinski definition) is 2. The summed E-state index contributed by atoms with van der Waals surface area (Å²) in [4.78, 5) is 4.38. The average Bonchev–Trinajstić information content (AvgIpc) is 2.59. The van der Waals surface area contributed by atoms with Crippen LogP contribution in [-0.2, 0) is 6.42 Å². The Hall–Kier alpha value is -2.37. The molecular weight excluding hydrogens is 345 g/mol. The lowest BCUT2D eigenvalue weighted by atomic mass is 10.1. The van der Waals surface area contributed by atoms with Crippen molar-refractivity contribution >= 4 is 46.3 Å². The maximum Gasteiger partial charge on any atom is 0.249 e. The van der Waals surface area contributed by atoms with Crippen molar-refractivity contribution in [3.05, 3.63) is 64.3 Å². The molecule has 5 nitrogen and oxygen atoms in total. The zero-order chi connectivity index (χ0) is 16.9. The van der Waals surface area contributed by atoms with Gasteiger partial charge in [0.25, 0.3) is 0 Å². The normalized spacial score (nSPS) is 10.5. The third-order valence-corrected chi connectivity index (χ3v) is 3.93. The van der Waals surface area contributed by atoms with Crippen LogP contribution >= 0.6 is 23.2 Å². The van der Waals surface area contributed by atoms with Gasteiger partial charge in [-0.2, -0.15) is 10.1 Å². The molecule has 122 valence electrons. The molecule has 3 aromatic rings. The molecule has 0 spiro atoms. The average molecular weight is 360 g/mol. The fourth-order valence-corrected chi connectivity index (χ4v) is 2.44. The summed E-state index contributed by atoms with van der Waals surface area (Å²) in [6, 6.07) is 13.2. The Bertz CT molecular complexity index is 837. The molecule has 0 amide bonds. The molecule has 0 aliphatic heterocycles. The van der Waals surface area contributed by atoms with Crippen LogP contribution in [0.2, 0.25) is 10.0 Å². The van der Waals surface area contributed by atoms with Crippen LogP contribution in [0.15, 0.2) is 48.7 Å². The standard InChI is InChI=1S/C17H15Cl2N5/c1-2-11-3-6-13(7-4-11)21-17-23-16(10-20-24-17)22-15-9-12(18)5-8-14(15)19/h3-10H,2H2,1H3,(H2,21,22,23,24). The van der Waals surface area contributed by atoms with Crippen LogP contribution in [-0.4, -0.2) is 15.2 Å². The molecule has 2 N–H and O–H groups in total. The van der Waals surface area contributed by atoms with E-state index in [9.17, 15) is 0 Å². The summed E-state index contributed by atoms with van der Waals surface area (Å²) in [5.41, 5.74) is 2.82. The highest BCUT2D eigenvalue weighted by atomic mass is 35.5. The van der Waals surface area contributed by atoms with Gasteiger partial charge in [-0.1, -0.05) is 42.3 Å². The van der Waals surface area contributed by atoms with Gasteiger partial charge in [-0.05, 0) is 42.3 Å². The molecule has 0 radical (unpaired) electrons. The minimum Gasteiger partial charge on any atom is -0.338 e. The Morgan fingerprint density at radius 2 is 1.79 bits per heavy atom. The van der Waals surface area contributed by atoms with Crippen LogP contribution < -0.4 is 10.6 Å². The number of hydrogen-bond acceptors (Lipinski definition) is 5. The van der Waals surface area contributed by atoms with Crippen molar-refractivity contribution in [2.24, 2.45) is 0 Å². The number of benzene rings is 2. The van der Waals surface area contributed by atoms with Crippen LogP contribution in [0.25, 0.3) is 0 Å². The van der Waals surface area contributed by atoms with Gasteiger partial charge in [-0.3, -0.25) is 0 Å². The number of anilines is 4. The highest BCUT2D eigenvalue weighted by Gasteiger charge is 2.05. The maximum atomic E-state index is 6.14. The fourth-order valence-electron chi connectivity index (χ4n) is 2.10. The van der Waals surface area contributed by atoms with Crippen LogP contribution in [0.3, 0.4) is 0 Å². The second-order valence-electron chi connectivity index (χ2n) is 5.09. The molecule has 0 saturated carbocycles. The van der Waals surface area contributed by atoms with Crippen molar-refractivity contribution in [3.8, 4) is 0 Å². The van der Waals surface area contributed by atoms with E-state index in [1.54, 1.807) is 18.2 Å². The Labute approximate surface area is 150 Å². The summed E-state index contributed by atoms with van der Waals surface area (Å²) in [6.07, 6.45) is 2.51. The van der Waals surface area contributed by atoms with E-state index >= 15 is 0 Å². The zero-order valence-electron chi connectivity index (χ0n) is 12.9. The predicted molar refractivity (Wildman–Crippen MR) is 98.7 cm³/mol. The first-order chi connectivity index (χ1) is 11.6. The van der Waals surface area contributed by atoms with E-state index in [4.69, 9.17) is 23.2 Å². The van der Waals surface area contributed by atoms with Gasteiger partial charge in [0.15, 0.2) is 5.82 Å². The van der Waals surface area contributed by atoms with Gasteiger partial charge in [-0.25, -0.2) is 0 Å². The van der Waals surface area contributed by atoms with Crippen molar-refractivity contribution < 1.29 is 0 Å². The number of rotatable bonds is 5. The summed E-state index contributed by atoms with van der Waals surface area (Å²) in [5, 5.41) is 15.3. The van der Waals surface area contributed by atoms with E-state index in [1.165, 1.54) is 11.8 Å². The van der Waals surface area contributed by atoms with Crippen molar-refractivity contribution in [2.75, 3.05) is 10.6 Å². The molecule has 0 fully saturated rings. The van der Waals surface area contributed by atoms with Crippen LogP contribution in [0.1, 0.15) is 12.5 Å². The van der Waals surface area contributed by atoms with E-state index < -0.39 is 0 Å². The van der Waals surface area contributed by atoms with Crippen molar-refractivity contribution in [3.63, 3.8) is 0 Å². The van der Waals surface area contributed by atoms with Gasteiger partial charge in [-0.15, -0.1) is 5.10 Å². The molecule has 1 aromatic heterocycles. The Morgan fingerprint density at radius 1 is 1.00 bits per heavy atom. The molecule has 0 unspecified atom stereocenters. The van der Waals surface area contributed by atoms with Gasteiger partial charge in [0.2, 0.25) is 5.95 Å². The topological polar surface area (TPSA) is 62.7 Å². The zero-order valence-corrected chi connectivity index (χ0v) is 14.4. The third kappa shape index (κ3) is 4.13. The van der Waals surface area contributed by atoms with Gasteiger partial charge in [0.1, 0.15) is 0 Å². The molecular formula is C17H15Cl2N5. The number of nitrogens with zero attached hydrogens (tertiary/aromatic N) is 3. The van der Waals surface area contributed by atoms with E-state index in [0.717, 1.165) is 12.1 Å². The Balaban J connectivity index is 1.77. The number of nitrogens with one attached hydrogen (secondary N) is 2. The molecule has 0 bridgehead atoms. The molecule has 3 rings (SSSR count). The van der Waals surface area contributed by atoms with Gasteiger partial charge < -0.3 is 10.6 Å². The first kappa shape index (κ1) is 16.5. The number of aromatic nitrogens is 3. The molecule has 2 aromatic carbocycles. The monoisotopic (exact) mass is 359 g/mol. The summed E-state index contributed by atoms with van der Waals surface area (Å²) < 4.78 is 0. The number of halogens is 2. The number of aryl methyl sites for hydroxylation is 1. The van der Waals surface area contributed by atoms with Crippen molar-refractivity contribution in [1.29, 1.82) is 0 Å². The van der Waals surface area contributed by atoms with Crippen molar-refractivity contribution in [2.45, 2.75) is 13.3 Å². The van der Waals surface area contributed by atoms with E-state index in [2.05, 4.69) is 44.9 Å². The largest absolute Gasteiger partial charge is 0.338 e. The second kappa shape index (κ2) is 7.47.